The lowest BCUT2D eigenvalue weighted by Crippen LogP contribution is -2.21. The van der Waals surface area contributed by atoms with E-state index in [1.807, 2.05) is 12.1 Å². The van der Waals surface area contributed by atoms with Crippen LogP contribution < -0.4 is 5.32 Å². The van der Waals surface area contributed by atoms with Crippen LogP contribution in [0.2, 0.25) is 5.02 Å². The highest BCUT2D eigenvalue weighted by Gasteiger charge is 2.39. The number of alkyl halides is 3. The molecule has 1 aromatic heterocycles. The molecule has 0 bridgehead atoms. The van der Waals surface area contributed by atoms with Gasteiger partial charge in [0.05, 0.1) is 34.3 Å². The number of fused-ring (bicyclic) bond motifs is 1. The van der Waals surface area contributed by atoms with Gasteiger partial charge in [0.1, 0.15) is 0 Å². The van der Waals surface area contributed by atoms with Crippen LogP contribution in [0.1, 0.15) is 36.5 Å². The Labute approximate surface area is 196 Å². The van der Waals surface area contributed by atoms with E-state index in [0.29, 0.717) is 15.6 Å². The Morgan fingerprint density at radius 3 is 2.79 bits per heavy atom. The second-order valence-electron chi connectivity index (χ2n) is 8.40. The molecule has 3 aromatic rings. The van der Waals surface area contributed by atoms with Crippen molar-refractivity contribution in [1.29, 1.82) is 0 Å². The predicted molar refractivity (Wildman–Crippen MR) is 124 cm³/mol. The van der Waals surface area contributed by atoms with E-state index in [9.17, 15) is 18.0 Å². The van der Waals surface area contributed by atoms with Crippen molar-refractivity contribution in [2.24, 2.45) is 4.99 Å². The van der Waals surface area contributed by atoms with Crippen LogP contribution in [0.5, 0.6) is 0 Å². The highest BCUT2D eigenvalue weighted by atomic mass is 35.5. The summed E-state index contributed by atoms with van der Waals surface area (Å²) in [6, 6.07) is 9.19. The summed E-state index contributed by atoms with van der Waals surface area (Å²) in [5, 5.41) is 8.48. The number of rotatable bonds is 4. The first-order chi connectivity index (χ1) is 15.6. The van der Waals surface area contributed by atoms with Crippen LogP contribution in [0.3, 0.4) is 0 Å². The SMILES string of the molecule is CC1(N=C2NC(=O)C(=Cc3ccc4c(cnn4Cc4ccc(Cl)cc4C(F)(F)F)c3)S2)CC1. The molecule has 0 atom stereocenters. The summed E-state index contributed by atoms with van der Waals surface area (Å²) in [5.74, 6) is -0.193. The molecule has 0 radical (unpaired) electrons. The van der Waals surface area contributed by atoms with E-state index in [0.717, 1.165) is 29.9 Å². The number of amidine groups is 1. The van der Waals surface area contributed by atoms with Crippen molar-refractivity contribution in [2.45, 2.75) is 38.0 Å². The molecule has 2 fully saturated rings. The molecule has 1 amide bonds. The molecule has 10 heteroatoms. The molecule has 5 nitrogen and oxygen atoms in total. The van der Waals surface area contributed by atoms with Crippen LogP contribution in [-0.2, 0) is 17.5 Å². The van der Waals surface area contributed by atoms with Crippen molar-refractivity contribution < 1.29 is 18.0 Å². The number of carbonyl (C=O) groups excluding carboxylic acids is 1. The third-order valence-corrected chi connectivity index (χ3v) is 6.80. The largest absolute Gasteiger partial charge is 0.416 e. The summed E-state index contributed by atoms with van der Waals surface area (Å²) < 4.78 is 41.8. The molecule has 1 aliphatic carbocycles. The highest BCUT2D eigenvalue weighted by Crippen LogP contribution is 2.41. The van der Waals surface area contributed by atoms with Crippen LogP contribution >= 0.6 is 23.4 Å². The van der Waals surface area contributed by atoms with Gasteiger partial charge >= 0.3 is 6.18 Å². The molecule has 33 heavy (non-hydrogen) atoms. The van der Waals surface area contributed by atoms with Gasteiger partial charge in [0, 0.05) is 10.4 Å². The Kier molecular flexibility index (Phi) is 5.29. The van der Waals surface area contributed by atoms with Gasteiger partial charge in [-0.25, -0.2) is 0 Å². The zero-order chi connectivity index (χ0) is 23.4. The van der Waals surface area contributed by atoms with Crippen molar-refractivity contribution in [3.63, 3.8) is 0 Å². The maximum Gasteiger partial charge on any atom is 0.416 e. The molecular weight excluding hydrogens is 473 g/mol. The molecule has 1 saturated carbocycles. The van der Waals surface area contributed by atoms with E-state index in [1.165, 1.54) is 28.6 Å². The smallest absolute Gasteiger partial charge is 0.301 e. The Hall–Kier alpha value is -2.78. The number of nitrogens with zero attached hydrogens (tertiary/aromatic N) is 3. The van der Waals surface area contributed by atoms with E-state index in [1.54, 1.807) is 18.3 Å². The molecule has 1 aliphatic heterocycles. The van der Waals surface area contributed by atoms with Crippen molar-refractivity contribution in [3.05, 3.63) is 69.2 Å². The van der Waals surface area contributed by atoms with Gasteiger partial charge in [0.2, 0.25) is 0 Å². The minimum absolute atomic E-state index is 0.0299. The second kappa shape index (κ2) is 7.92. The average molecular weight is 491 g/mol. The van der Waals surface area contributed by atoms with Gasteiger partial charge < -0.3 is 5.32 Å². The third kappa shape index (κ3) is 4.65. The number of aliphatic imine (C=N–C) groups is 1. The zero-order valence-corrected chi connectivity index (χ0v) is 19.0. The summed E-state index contributed by atoms with van der Waals surface area (Å²) in [6.45, 7) is 2.01. The molecule has 5 rings (SSSR count). The number of hydrogen-bond donors (Lipinski definition) is 1. The Balaban J connectivity index is 1.41. The zero-order valence-electron chi connectivity index (χ0n) is 17.4. The number of benzene rings is 2. The standard InChI is InChI=1S/C23H18ClF3N4OS/c1-22(6-7-22)30-21-29-20(32)19(33-21)9-13-2-5-18-15(8-13)11-28-31(18)12-14-3-4-16(24)10-17(14)23(25,26)27/h2-5,8-11H,6-7,12H2,1H3,(H,29,30,32). The van der Waals surface area contributed by atoms with Gasteiger partial charge in [-0.15, -0.1) is 0 Å². The van der Waals surface area contributed by atoms with Crippen molar-refractivity contribution >= 4 is 51.4 Å². The summed E-state index contributed by atoms with van der Waals surface area (Å²) >= 11 is 7.09. The molecule has 2 heterocycles. The molecule has 0 unspecified atom stereocenters. The minimum atomic E-state index is -4.51. The topological polar surface area (TPSA) is 59.3 Å². The summed E-state index contributed by atoms with van der Waals surface area (Å²) in [6.07, 6.45) is 0.903. The number of hydrogen-bond acceptors (Lipinski definition) is 4. The number of carbonyl (C=O) groups is 1. The number of amides is 1. The average Bonchev–Trinajstić information content (AvgIpc) is 3.18. The van der Waals surface area contributed by atoms with Gasteiger partial charge in [-0.3, -0.25) is 14.5 Å². The Bertz CT molecular complexity index is 1340. The van der Waals surface area contributed by atoms with Gasteiger partial charge in [0.25, 0.3) is 5.91 Å². The molecule has 170 valence electrons. The molecule has 2 aliphatic rings. The van der Waals surface area contributed by atoms with Crippen molar-refractivity contribution in [3.8, 4) is 0 Å². The Morgan fingerprint density at radius 2 is 2.06 bits per heavy atom. The normalized spacial score (nSPS) is 20.1. The maximum absolute atomic E-state index is 13.4. The minimum Gasteiger partial charge on any atom is -0.301 e. The third-order valence-electron chi connectivity index (χ3n) is 5.66. The van der Waals surface area contributed by atoms with Crippen molar-refractivity contribution in [1.82, 2.24) is 15.1 Å². The molecule has 0 spiro atoms. The van der Waals surface area contributed by atoms with Gasteiger partial charge in [-0.05, 0) is 73.0 Å². The predicted octanol–water partition coefficient (Wildman–Crippen LogP) is 5.87. The number of aromatic nitrogens is 2. The fraction of sp³-hybridized carbons (Fsp3) is 0.261. The van der Waals surface area contributed by atoms with E-state index in [4.69, 9.17) is 11.6 Å². The van der Waals surface area contributed by atoms with Crippen LogP contribution in [0, 0.1) is 0 Å². The number of halogens is 4. The van der Waals surface area contributed by atoms with Crippen LogP contribution in [0.4, 0.5) is 13.2 Å². The van der Waals surface area contributed by atoms with Gasteiger partial charge in [0.15, 0.2) is 5.17 Å². The second-order valence-corrected chi connectivity index (χ2v) is 9.87. The molecule has 1 saturated heterocycles. The van der Waals surface area contributed by atoms with E-state index >= 15 is 0 Å². The van der Waals surface area contributed by atoms with E-state index in [-0.39, 0.29) is 28.6 Å². The summed E-state index contributed by atoms with van der Waals surface area (Å²) in [7, 11) is 0. The van der Waals surface area contributed by atoms with Crippen LogP contribution in [-0.4, -0.2) is 26.4 Å². The highest BCUT2D eigenvalue weighted by molar-refractivity contribution is 8.18. The monoisotopic (exact) mass is 490 g/mol. The first-order valence-electron chi connectivity index (χ1n) is 10.2. The lowest BCUT2D eigenvalue weighted by molar-refractivity contribution is -0.138. The maximum atomic E-state index is 13.4. The number of nitrogens with one attached hydrogen (secondary N) is 1. The van der Waals surface area contributed by atoms with Gasteiger partial charge in [-0.1, -0.05) is 23.7 Å². The molecular formula is C23H18ClF3N4OS. The first-order valence-corrected chi connectivity index (χ1v) is 11.4. The van der Waals surface area contributed by atoms with E-state index in [2.05, 4.69) is 22.3 Å². The quantitative estimate of drug-likeness (QED) is 0.465. The summed E-state index contributed by atoms with van der Waals surface area (Å²) in [5.41, 5.74) is 0.725. The summed E-state index contributed by atoms with van der Waals surface area (Å²) in [4.78, 5) is 17.4. The lowest BCUT2D eigenvalue weighted by atomic mass is 10.1. The number of thioether (sulfide) groups is 1. The van der Waals surface area contributed by atoms with Crippen LogP contribution in [0.15, 0.2) is 52.5 Å². The van der Waals surface area contributed by atoms with E-state index < -0.39 is 11.7 Å². The molecule has 2 aromatic carbocycles. The van der Waals surface area contributed by atoms with Crippen molar-refractivity contribution in [2.75, 3.05) is 0 Å². The lowest BCUT2D eigenvalue weighted by Gasteiger charge is -2.14. The van der Waals surface area contributed by atoms with Crippen LogP contribution in [0.25, 0.3) is 17.0 Å². The van der Waals surface area contributed by atoms with Gasteiger partial charge in [-0.2, -0.15) is 18.3 Å². The first kappa shape index (κ1) is 22.0. The molecule has 1 N–H and O–H groups in total. The fourth-order valence-electron chi connectivity index (χ4n) is 3.60. The Morgan fingerprint density at radius 1 is 1.27 bits per heavy atom. The fourth-order valence-corrected chi connectivity index (χ4v) is 4.73.